The highest BCUT2D eigenvalue weighted by Gasteiger charge is 2.29. The topological polar surface area (TPSA) is 20.2 Å². The molecule has 1 heteroatoms. The van der Waals surface area contributed by atoms with E-state index < -0.39 is 0 Å². The first-order valence-electron chi connectivity index (χ1n) is 5.58. The lowest BCUT2D eigenvalue weighted by Gasteiger charge is -2.15. The Kier molecular flexibility index (Phi) is 4.51. The first-order chi connectivity index (χ1) is 6.25. The zero-order valence-corrected chi connectivity index (χ0v) is 8.87. The fourth-order valence-corrected chi connectivity index (χ4v) is 2.11. The molecule has 1 N–H and O–H groups in total. The molecule has 13 heavy (non-hydrogen) atoms. The van der Waals surface area contributed by atoms with Gasteiger partial charge in [-0.3, -0.25) is 0 Å². The van der Waals surface area contributed by atoms with Crippen molar-refractivity contribution < 1.29 is 5.11 Å². The summed E-state index contributed by atoms with van der Waals surface area (Å²) in [6.45, 7) is 4.38. The van der Waals surface area contributed by atoms with Crippen LogP contribution in [0.15, 0.2) is 12.2 Å². The summed E-state index contributed by atoms with van der Waals surface area (Å²) in [4.78, 5) is 0. The van der Waals surface area contributed by atoms with Crippen LogP contribution in [0.25, 0.3) is 0 Å². The van der Waals surface area contributed by atoms with Crippen LogP contribution in [0.4, 0.5) is 0 Å². The van der Waals surface area contributed by atoms with Gasteiger partial charge in [0.2, 0.25) is 0 Å². The number of hydrogen-bond donors (Lipinski definition) is 1. The Bertz CT molecular complexity index is 163. The third-order valence-electron chi connectivity index (χ3n) is 3.24. The van der Waals surface area contributed by atoms with Crippen molar-refractivity contribution in [1.82, 2.24) is 0 Å². The zero-order valence-electron chi connectivity index (χ0n) is 8.87. The van der Waals surface area contributed by atoms with Gasteiger partial charge in [0.05, 0.1) is 6.10 Å². The lowest BCUT2D eigenvalue weighted by molar-refractivity contribution is 0.128. The Balaban J connectivity index is 2.22. The van der Waals surface area contributed by atoms with E-state index in [0.29, 0.717) is 5.92 Å². The van der Waals surface area contributed by atoms with E-state index in [2.05, 4.69) is 26.0 Å². The molecule has 0 saturated heterocycles. The number of hydrogen-bond acceptors (Lipinski definition) is 1. The molecule has 0 aromatic rings. The maximum atomic E-state index is 9.55. The Morgan fingerprint density at radius 2 is 2.08 bits per heavy atom. The average Bonchev–Trinajstić information content (AvgIpc) is 2.43. The quantitative estimate of drug-likeness (QED) is 0.662. The van der Waals surface area contributed by atoms with Crippen molar-refractivity contribution in [3.8, 4) is 0 Å². The summed E-state index contributed by atoms with van der Waals surface area (Å²) in [5.41, 5.74) is 0. The Labute approximate surface area is 81.9 Å². The highest BCUT2D eigenvalue weighted by molar-refractivity contribution is 4.89. The van der Waals surface area contributed by atoms with E-state index in [1.165, 1.54) is 19.3 Å². The second-order valence-electron chi connectivity index (χ2n) is 4.26. The molecule has 1 rings (SSSR count). The van der Waals surface area contributed by atoms with Gasteiger partial charge in [0.15, 0.2) is 0 Å². The molecule has 76 valence electrons. The summed E-state index contributed by atoms with van der Waals surface area (Å²) in [5, 5.41) is 9.55. The van der Waals surface area contributed by atoms with Gasteiger partial charge in [-0.25, -0.2) is 0 Å². The highest BCUT2D eigenvalue weighted by atomic mass is 16.3. The molecule has 3 atom stereocenters. The first-order valence-corrected chi connectivity index (χ1v) is 5.58. The van der Waals surface area contributed by atoms with Gasteiger partial charge in [0.25, 0.3) is 0 Å². The van der Waals surface area contributed by atoms with Gasteiger partial charge < -0.3 is 5.11 Å². The standard InChI is InChI=1S/C12H22O/c1-3-4-5-6-7-11-8-9-12(13)10(11)2/h5-6,10-13H,3-4,7-9H2,1-2H3/b6-5+. The molecule has 0 heterocycles. The minimum atomic E-state index is -0.0374. The molecule has 0 amide bonds. The third-order valence-corrected chi connectivity index (χ3v) is 3.24. The summed E-state index contributed by atoms with van der Waals surface area (Å²) in [6, 6.07) is 0. The fraction of sp³-hybridized carbons (Fsp3) is 0.833. The van der Waals surface area contributed by atoms with E-state index in [9.17, 15) is 5.11 Å². The van der Waals surface area contributed by atoms with Crippen molar-refractivity contribution in [2.75, 3.05) is 0 Å². The van der Waals surface area contributed by atoms with Crippen molar-refractivity contribution >= 4 is 0 Å². The average molecular weight is 182 g/mol. The van der Waals surface area contributed by atoms with Gasteiger partial charge >= 0.3 is 0 Å². The first kappa shape index (κ1) is 10.8. The maximum absolute atomic E-state index is 9.55. The van der Waals surface area contributed by atoms with Crippen molar-refractivity contribution in [2.45, 2.75) is 52.1 Å². The van der Waals surface area contributed by atoms with E-state index in [1.54, 1.807) is 0 Å². The van der Waals surface area contributed by atoms with Crippen molar-refractivity contribution in [3.05, 3.63) is 12.2 Å². The minimum Gasteiger partial charge on any atom is -0.393 e. The summed E-state index contributed by atoms with van der Waals surface area (Å²) in [7, 11) is 0. The highest BCUT2D eigenvalue weighted by Crippen LogP contribution is 2.34. The molecule has 1 aliphatic carbocycles. The van der Waals surface area contributed by atoms with Gasteiger partial charge in [0, 0.05) is 0 Å². The molecule has 0 radical (unpaired) electrons. The molecule has 0 bridgehead atoms. The van der Waals surface area contributed by atoms with Gasteiger partial charge in [0.1, 0.15) is 0 Å². The number of aliphatic hydroxyl groups is 1. The van der Waals surface area contributed by atoms with Gasteiger partial charge in [-0.15, -0.1) is 0 Å². The van der Waals surface area contributed by atoms with Crippen molar-refractivity contribution in [3.63, 3.8) is 0 Å². The monoisotopic (exact) mass is 182 g/mol. The summed E-state index contributed by atoms with van der Waals surface area (Å²) in [5.74, 6) is 1.23. The van der Waals surface area contributed by atoms with Crippen LogP contribution in [0.3, 0.4) is 0 Å². The van der Waals surface area contributed by atoms with E-state index in [0.717, 1.165) is 18.8 Å². The summed E-state index contributed by atoms with van der Waals surface area (Å²) in [6.07, 6.45) is 10.3. The van der Waals surface area contributed by atoms with Crippen LogP contribution in [-0.2, 0) is 0 Å². The Morgan fingerprint density at radius 1 is 1.31 bits per heavy atom. The molecule has 1 saturated carbocycles. The second kappa shape index (κ2) is 5.43. The van der Waals surface area contributed by atoms with Crippen LogP contribution < -0.4 is 0 Å². The summed E-state index contributed by atoms with van der Waals surface area (Å²) < 4.78 is 0. The van der Waals surface area contributed by atoms with E-state index in [1.807, 2.05) is 0 Å². The number of allylic oxidation sites excluding steroid dienone is 2. The third kappa shape index (κ3) is 3.15. The molecule has 0 aromatic carbocycles. The van der Waals surface area contributed by atoms with E-state index >= 15 is 0 Å². The number of aliphatic hydroxyl groups excluding tert-OH is 1. The van der Waals surface area contributed by atoms with Crippen LogP contribution in [-0.4, -0.2) is 11.2 Å². The molecular formula is C12H22O. The molecule has 3 unspecified atom stereocenters. The van der Waals surface area contributed by atoms with Crippen molar-refractivity contribution in [2.24, 2.45) is 11.8 Å². The lowest BCUT2D eigenvalue weighted by Crippen LogP contribution is -2.14. The van der Waals surface area contributed by atoms with Crippen LogP contribution in [0.5, 0.6) is 0 Å². The lowest BCUT2D eigenvalue weighted by atomic mass is 9.93. The van der Waals surface area contributed by atoms with Crippen LogP contribution in [0.2, 0.25) is 0 Å². The van der Waals surface area contributed by atoms with Gasteiger partial charge in [-0.2, -0.15) is 0 Å². The molecule has 0 aromatic heterocycles. The Morgan fingerprint density at radius 3 is 2.62 bits per heavy atom. The van der Waals surface area contributed by atoms with E-state index in [4.69, 9.17) is 0 Å². The predicted octanol–water partition coefficient (Wildman–Crippen LogP) is 3.14. The van der Waals surface area contributed by atoms with Crippen LogP contribution >= 0.6 is 0 Å². The minimum absolute atomic E-state index is 0.0374. The Hall–Kier alpha value is -0.300. The normalized spacial score (nSPS) is 34.5. The molecule has 1 aliphatic rings. The summed E-state index contributed by atoms with van der Waals surface area (Å²) >= 11 is 0. The second-order valence-corrected chi connectivity index (χ2v) is 4.26. The predicted molar refractivity (Wildman–Crippen MR) is 56.6 cm³/mol. The SMILES string of the molecule is CCC/C=C/CC1CCC(O)C1C. The molecule has 1 fully saturated rings. The maximum Gasteiger partial charge on any atom is 0.0568 e. The molecule has 0 spiro atoms. The molecule has 0 aliphatic heterocycles. The van der Waals surface area contributed by atoms with Crippen molar-refractivity contribution in [1.29, 1.82) is 0 Å². The molecule has 1 nitrogen and oxygen atoms in total. The molecular weight excluding hydrogens is 160 g/mol. The smallest absolute Gasteiger partial charge is 0.0568 e. The van der Waals surface area contributed by atoms with Crippen LogP contribution in [0.1, 0.15) is 46.0 Å². The number of rotatable bonds is 4. The zero-order chi connectivity index (χ0) is 9.68. The van der Waals surface area contributed by atoms with Gasteiger partial charge in [-0.05, 0) is 37.5 Å². The fourth-order valence-electron chi connectivity index (χ4n) is 2.11. The van der Waals surface area contributed by atoms with E-state index in [-0.39, 0.29) is 6.10 Å². The number of unbranched alkanes of at least 4 members (excludes halogenated alkanes) is 1. The largest absolute Gasteiger partial charge is 0.393 e. The van der Waals surface area contributed by atoms with Crippen LogP contribution in [0, 0.1) is 11.8 Å². The van der Waals surface area contributed by atoms with Gasteiger partial charge in [-0.1, -0.05) is 32.4 Å².